The van der Waals surface area contributed by atoms with Crippen LogP contribution >= 0.6 is 0 Å². The van der Waals surface area contributed by atoms with E-state index in [1.54, 1.807) is 29.2 Å². The topological polar surface area (TPSA) is 138 Å². The van der Waals surface area contributed by atoms with Crippen LogP contribution in [0.5, 0.6) is 23.0 Å². The molecular weight excluding hydrogens is 952 g/mol. The third kappa shape index (κ3) is 14.1. The zero-order chi connectivity index (χ0) is 52.2. The number of oxime groups is 1. The molecule has 0 saturated heterocycles. The van der Waals surface area contributed by atoms with Crippen LogP contribution < -0.4 is 18.9 Å². The number of carbonyl (C=O) groups excluding carboxylic acids is 1. The number of amides is 1. The van der Waals surface area contributed by atoms with Crippen LogP contribution in [0.4, 0.5) is 9.18 Å². The number of aliphatic hydroxyl groups excluding tert-OH is 2. The van der Waals surface area contributed by atoms with E-state index in [4.69, 9.17) is 38.4 Å². The summed E-state index contributed by atoms with van der Waals surface area (Å²) in [5.41, 5.74) is 4.66. The number of rotatable bonds is 31. The van der Waals surface area contributed by atoms with Crippen LogP contribution in [-0.2, 0) is 34.1 Å². The number of hydrogen-bond acceptors (Lipinski definition) is 11. The van der Waals surface area contributed by atoms with Crippen LogP contribution in [0, 0.1) is 23.6 Å². The summed E-state index contributed by atoms with van der Waals surface area (Å²) in [4.78, 5) is 23.4. The van der Waals surface area contributed by atoms with Crippen LogP contribution in [0.2, 0.25) is 0 Å². The molecule has 2 aliphatic heterocycles. The Kier molecular flexibility index (Phi) is 20.9. The minimum atomic E-state index is -1.52. The average Bonchev–Trinajstić information content (AvgIpc) is 4.00. The molecule has 13 heteroatoms. The first-order valence-corrected chi connectivity index (χ1v) is 27.8. The number of benzene rings is 4. The molecule has 2 N–H and O–H groups in total. The van der Waals surface area contributed by atoms with E-state index in [1.807, 2.05) is 66.7 Å². The minimum absolute atomic E-state index is 0.0176. The maximum atomic E-state index is 15.3. The van der Waals surface area contributed by atoms with Gasteiger partial charge in [0.25, 0.3) is 0 Å². The fourth-order valence-corrected chi connectivity index (χ4v) is 11.6. The van der Waals surface area contributed by atoms with Gasteiger partial charge >= 0.3 is 6.09 Å². The highest BCUT2D eigenvalue weighted by Gasteiger charge is 2.66. The molecule has 6 atom stereocenters. The second kappa shape index (κ2) is 28.3. The summed E-state index contributed by atoms with van der Waals surface area (Å²) in [6, 6.07) is 27.1. The molecule has 1 saturated carbocycles. The molecule has 4 aromatic carbocycles. The van der Waals surface area contributed by atoms with Gasteiger partial charge < -0.3 is 43.5 Å². The molecule has 12 nitrogen and oxygen atoms in total. The van der Waals surface area contributed by atoms with E-state index in [-0.39, 0.29) is 83.0 Å². The Morgan fingerprint density at radius 3 is 2.28 bits per heavy atom. The number of carbonyl (C=O) groups is 1. The lowest BCUT2D eigenvalue weighted by Gasteiger charge is -2.59. The lowest BCUT2D eigenvalue weighted by molar-refractivity contribution is -0.256. The Morgan fingerprint density at radius 2 is 1.52 bits per heavy atom. The van der Waals surface area contributed by atoms with Gasteiger partial charge in [-0.3, -0.25) is 4.90 Å². The summed E-state index contributed by atoms with van der Waals surface area (Å²) in [6.07, 6.45) is 19.6. The number of ether oxygens (including phenoxy) is 6. The lowest BCUT2D eigenvalue weighted by atomic mass is 9.55. The zero-order valence-corrected chi connectivity index (χ0v) is 44.0. The van der Waals surface area contributed by atoms with E-state index in [0.29, 0.717) is 47.1 Å². The summed E-state index contributed by atoms with van der Waals surface area (Å²) in [6.45, 7) is 7.31. The highest BCUT2D eigenvalue weighted by Crippen LogP contribution is 2.62. The Labute approximate surface area is 443 Å². The van der Waals surface area contributed by atoms with Crippen molar-refractivity contribution in [2.75, 3.05) is 33.2 Å². The molecule has 1 fully saturated rings. The molecule has 0 aromatic heterocycles. The fraction of sp³-hybridized carbons (Fsp3) is 0.516. The third-order valence-electron chi connectivity index (χ3n) is 15.4. The first kappa shape index (κ1) is 55.3. The molecule has 1 amide bonds. The van der Waals surface area contributed by atoms with Crippen molar-refractivity contribution in [1.82, 2.24) is 4.90 Å². The summed E-state index contributed by atoms with van der Waals surface area (Å²) >= 11 is 0. The average molecular weight is 1030 g/mol. The van der Waals surface area contributed by atoms with Crippen molar-refractivity contribution in [3.8, 4) is 23.0 Å². The van der Waals surface area contributed by atoms with E-state index in [0.717, 1.165) is 73.6 Å². The third-order valence-corrected chi connectivity index (χ3v) is 15.4. The normalized spacial score (nSPS) is 21.6. The summed E-state index contributed by atoms with van der Waals surface area (Å²) in [5, 5.41) is 25.2. The Bertz CT molecular complexity index is 2500. The van der Waals surface area contributed by atoms with Crippen LogP contribution in [0.1, 0.15) is 144 Å². The summed E-state index contributed by atoms with van der Waals surface area (Å²) < 4.78 is 54.0. The molecule has 8 rings (SSSR count). The van der Waals surface area contributed by atoms with Gasteiger partial charge in [0.2, 0.25) is 12.6 Å². The van der Waals surface area contributed by atoms with Gasteiger partial charge in [0.15, 0.2) is 11.5 Å². The first-order chi connectivity index (χ1) is 36.9. The molecule has 0 spiro atoms. The Balaban J connectivity index is 1.23. The number of hydrogen-bond donors (Lipinski definition) is 2. The van der Waals surface area contributed by atoms with Crippen molar-refractivity contribution < 1.29 is 52.7 Å². The molecule has 2 aliphatic carbocycles. The van der Waals surface area contributed by atoms with E-state index in [9.17, 15) is 14.6 Å². The van der Waals surface area contributed by atoms with Gasteiger partial charge in [-0.2, -0.15) is 0 Å². The molecule has 75 heavy (non-hydrogen) atoms. The van der Waals surface area contributed by atoms with E-state index in [2.05, 4.69) is 19.6 Å². The van der Waals surface area contributed by atoms with Gasteiger partial charge in [-0.25, -0.2) is 9.18 Å². The molecule has 0 radical (unpaired) electrons. The van der Waals surface area contributed by atoms with Crippen molar-refractivity contribution in [3.05, 3.63) is 143 Å². The van der Waals surface area contributed by atoms with Gasteiger partial charge in [0.1, 0.15) is 36.6 Å². The van der Waals surface area contributed by atoms with Gasteiger partial charge in [-0.05, 0) is 97.0 Å². The van der Waals surface area contributed by atoms with Crippen molar-refractivity contribution in [2.45, 2.75) is 154 Å². The monoisotopic (exact) mass is 1030 g/mol. The fourth-order valence-electron chi connectivity index (χ4n) is 11.6. The highest BCUT2D eigenvalue weighted by molar-refractivity contribution is 6.03. The second-order valence-corrected chi connectivity index (χ2v) is 20.5. The van der Waals surface area contributed by atoms with Crippen LogP contribution in [-0.4, -0.2) is 72.0 Å². The summed E-state index contributed by atoms with van der Waals surface area (Å²) in [7, 11) is 0. The molecule has 4 aliphatic rings. The zero-order valence-electron chi connectivity index (χ0n) is 44.0. The Morgan fingerprint density at radius 1 is 0.800 bits per heavy atom. The number of allylic oxidation sites excluding steroid dienone is 1. The molecular formula is C62H79FN2O10. The number of unbranched alkanes of at least 4 members (excludes halogenated alkanes) is 11. The van der Waals surface area contributed by atoms with Gasteiger partial charge in [0, 0.05) is 43.2 Å². The standard InChI is InChI=1S/C62H79FN2O10/c1-3-5-6-7-8-9-10-11-12-22-36-69-61(68)65(41-46-29-31-56-57(37-46)72-44-71-56)58-40-54(64-74-42-45-23-14-13-15-24-45)51-38-47(25-18-20-33-66)50(27-19-21-34-67)59-52-39-49(70-43-48-26-16-17-28-53(48)63)30-32-55(52)75-62(58,60(51)59)73-35-4-2/h4,13-17,23-24,26,28-32,37-39,47,50,58-60,66-67H,2-3,5-12,18-22,25,27,33-36,40-44H2,1H3/t47-,50+,58-,59+,60+,62+/m0/s1. The Hall–Kier alpha value is -5.89. The van der Waals surface area contributed by atoms with E-state index in [1.165, 1.54) is 44.6 Å². The quantitative estimate of drug-likeness (QED) is 0.0285. The van der Waals surface area contributed by atoms with Crippen LogP contribution in [0.15, 0.2) is 120 Å². The van der Waals surface area contributed by atoms with E-state index >= 15 is 4.79 Å². The number of halogens is 1. The van der Waals surface area contributed by atoms with Crippen LogP contribution in [0.25, 0.3) is 0 Å². The molecule has 0 bridgehead atoms. The number of fused-ring (bicyclic) bond motifs is 3. The maximum Gasteiger partial charge on any atom is 0.410 e. The summed E-state index contributed by atoms with van der Waals surface area (Å²) in [5.74, 6) is -0.381. The first-order valence-electron chi connectivity index (χ1n) is 27.8. The van der Waals surface area contributed by atoms with Crippen molar-refractivity contribution in [3.63, 3.8) is 0 Å². The van der Waals surface area contributed by atoms with Crippen LogP contribution in [0.3, 0.4) is 0 Å². The maximum absolute atomic E-state index is 15.3. The molecule has 2 heterocycles. The smallest absolute Gasteiger partial charge is 0.410 e. The predicted octanol–water partition coefficient (Wildman–Crippen LogP) is 13.5. The van der Waals surface area contributed by atoms with E-state index < -0.39 is 23.8 Å². The van der Waals surface area contributed by atoms with Gasteiger partial charge in [-0.15, -0.1) is 6.58 Å². The van der Waals surface area contributed by atoms with Crippen molar-refractivity contribution >= 4 is 11.8 Å². The van der Waals surface area contributed by atoms with Crippen molar-refractivity contribution in [2.24, 2.45) is 22.9 Å². The predicted molar refractivity (Wildman–Crippen MR) is 288 cm³/mol. The van der Waals surface area contributed by atoms with Gasteiger partial charge in [-0.1, -0.05) is 149 Å². The number of nitrogens with zero attached hydrogens (tertiary/aromatic N) is 2. The number of aliphatic hydroxyl groups is 2. The largest absolute Gasteiger partial charge is 0.489 e. The SMILES string of the molecule is C=CCO[C@@]12Oc3ccc(OCc4ccccc4F)cc3[C@H]3[C@H](CCCCO)[C@@H](CCCCO)C=C(C(=NOCc4ccccc4)C[C@@H]1N(Cc1ccc4c(c1)OCO4)C(=O)OCCCCCCCCCCCC)[C@H]32. The van der Waals surface area contributed by atoms with Crippen molar-refractivity contribution in [1.29, 1.82) is 0 Å². The molecule has 0 unspecified atom stereocenters. The van der Waals surface area contributed by atoms with Gasteiger partial charge in [0.05, 0.1) is 24.8 Å². The minimum Gasteiger partial charge on any atom is -0.489 e. The highest BCUT2D eigenvalue weighted by atomic mass is 19.1. The second-order valence-electron chi connectivity index (χ2n) is 20.5. The lowest BCUT2D eigenvalue weighted by Crippen LogP contribution is -2.70. The molecule has 4 aromatic rings. The molecule has 404 valence electrons.